The van der Waals surface area contributed by atoms with Crippen LogP contribution in [0.1, 0.15) is 39.1 Å². The van der Waals surface area contributed by atoms with E-state index in [2.05, 4.69) is 47.6 Å². The van der Waals surface area contributed by atoms with Gasteiger partial charge >= 0.3 is 0 Å². The lowest BCUT2D eigenvalue weighted by Gasteiger charge is -2.27. The number of carbonyl (C=O) groups excluding carboxylic acids is 1. The number of hydrogen-bond donors (Lipinski definition) is 2. The summed E-state index contributed by atoms with van der Waals surface area (Å²) in [5.41, 5.74) is 4.07. The van der Waals surface area contributed by atoms with Gasteiger partial charge in [0.25, 0.3) is 5.91 Å². The first kappa shape index (κ1) is 22.1. The molecule has 0 saturated carbocycles. The SMILES string of the molecule is CCc1nc(Nc2ncc(C(=O)Nc3c(C)cc(C)cc3C)s2)nc(N2CCOCC2)n1. The minimum Gasteiger partial charge on any atom is -0.378 e. The number of nitrogens with zero attached hydrogens (tertiary/aromatic N) is 5. The maximum absolute atomic E-state index is 12.8. The third kappa shape index (κ3) is 5.03. The van der Waals surface area contributed by atoms with Gasteiger partial charge in [0, 0.05) is 25.2 Å². The predicted molar refractivity (Wildman–Crippen MR) is 126 cm³/mol. The number of ether oxygens (including phenoxy) is 1. The van der Waals surface area contributed by atoms with Crippen LogP contribution in [0.15, 0.2) is 18.3 Å². The third-order valence-corrected chi connectivity index (χ3v) is 6.06. The number of hydrogen-bond acceptors (Lipinski definition) is 9. The van der Waals surface area contributed by atoms with Gasteiger partial charge in [-0.1, -0.05) is 36.0 Å². The van der Waals surface area contributed by atoms with Crippen molar-refractivity contribution >= 4 is 40.0 Å². The largest absolute Gasteiger partial charge is 0.378 e. The highest BCUT2D eigenvalue weighted by Crippen LogP contribution is 2.26. The molecule has 1 fully saturated rings. The van der Waals surface area contributed by atoms with Crippen LogP contribution in [0.5, 0.6) is 0 Å². The molecule has 0 aliphatic carbocycles. The molecule has 3 heterocycles. The highest BCUT2D eigenvalue weighted by molar-refractivity contribution is 7.17. The average Bonchev–Trinajstić information content (AvgIpc) is 3.25. The van der Waals surface area contributed by atoms with E-state index in [4.69, 9.17) is 4.74 Å². The molecule has 32 heavy (non-hydrogen) atoms. The fourth-order valence-corrected chi connectivity index (χ4v) is 4.32. The Hall–Kier alpha value is -3.11. The van der Waals surface area contributed by atoms with E-state index in [0.29, 0.717) is 47.4 Å². The van der Waals surface area contributed by atoms with E-state index in [1.54, 1.807) is 6.20 Å². The fraction of sp³-hybridized carbons (Fsp3) is 0.409. The molecule has 1 amide bonds. The lowest BCUT2D eigenvalue weighted by atomic mass is 10.1. The molecule has 1 aliphatic heterocycles. The molecule has 1 aromatic carbocycles. The summed E-state index contributed by atoms with van der Waals surface area (Å²) in [5.74, 6) is 1.56. The zero-order valence-electron chi connectivity index (χ0n) is 18.7. The Morgan fingerprint density at radius 2 is 1.84 bits per heavy atom. The number of aromatic nitrogens is 4. The molecule has 3 aromatic rings. The van der Waals surface area contributed by atoms with Crippen LogP contribution in [-0.2, 0) is 11.2 Å². The molecular formula is C22H27N7O2S. The Morgan fingerprint density at radius 3 is 2.53 bits per heavy atom. The van der Waals surface area contributed by atoms with Gasteiger partial charge in [-0.25, -0.2) is 4.98 Å². The predicted octanol–water partition coefficient (Wildman–Crippen LogP) is 3.65. The van der Waals surface area contributed by atoms with Crippen molar-refractivity contribution in [3.05, 3.63) is 45.7 Å². The van der Waals surface area contributed by atoms with Gasteiger partial charge < -0.3 is 15.0 Å². The second-order valence-corrected chi connectivity index (χ2v) is 8.74. The highest BCUT2D eigenvalue weighted by Gasteiger charge is 2.18. The lowest BCUT2D eigenvalue weighted by molar-refractivity contribution is 0.103. The Kier molecular flexibility index (Phi) is 6.61. The van der Waals surface area contributed by atoms with Crippen molar-refractivity contribution in [1.82, 2.24) is 19.9 Å². The molecule has 4 rings (SSSR count). The molecule has 1 saturated heterocycles. The van der Waals surface area contributed by atoms with E-state index in [9.17, 15) is 4.79 Å². The molecule has 0 spiro atoms. The van der Waals surface area contributed by atoms with Crippen molar-refractivity contribution in [2.75, 3.05) is 41.8 Å². The zero-order chi connectivity index (χ0) is 22.7. The summed E-state index contributed by atoms with van der Waals surface area (Å²) in [7, 11) is 0. The zero-order valence-corrected chi connectivity index (χ0v) is 19.5. The van der Waals surface area contributed by atoms with E-state index in [1.807, 2.05) is 27.7 Å². The second-order valence-electron chi connectivity index (χ2n) is 7.71. The van der Waals surface area contributed by atoms with Crippen molar-refractivity contribution in [2.24, 2.45) is 0 Å². The first-order valence-corrected chi connectivity index (χ1v) is 11.4. The van der Waals surface area contributed by atoms with Crippen LogP contribution in [0.25, 0.3) is 0 Å². The standard InChI is InChI=1S/C22H27N7O2S/c1-5-17-24-20(27-21(25-17)29-6-8-31-9-7-29)28-22-23-12-16(32-22)19(30)26-18-14(3)10-13(2)11-15(18)4/h10-12H,5-9H2,1-4H3,(H,26,30)(H,23,24,25,27,28). The van der Waals surface area contributed by atoms with Crippen molar-refractivity contribution < 1.29 is 9.53 Å². The topological polar surface area (TPSA) is 105 Å². The number of amides is 1. The van der Waals surface area contributed by atoms with Crippen LogP contribution in [0.2, 0.25) is 0 Å². The molecule has 10 heteroatoms. The van der Waals surface area contributed by atoms with E-state index in [-0.39, 0.29) is 5.91 Å². The van der Waals surface area contributed by atoms with Crippen molar-refractivity contribution in [3.8, 4) is 0 Å². The summed E-state index contributed by atoms with van der Waals surface area (Å²) < 4.78 is 5.42. The first-order valence-electron chi connectivity index (χ1n) is 10.6. The van der Waals surface area contributed by atoms with Crippen molar-refractivity contribution in [3.63, 3.8) is 0 Å². The van der Waals surface area contributed by atoms with Gasteiger partial charge in [0.05, 0.1) is 19.4 Å². The highest BCUT2D eigenvalue weighted by atomic mass is 32.1. The van der Waals surface area contributed by atoms with Crippen LogP contribution in [0.3, 0.4) is 0 Å². The molecule has 1 aliphatic rings. The smallest absolute Gasteiger partial charge is 0.267 e. The van der Waals surface area contributed by atoms with Gasteiger partial charge in [-0.3, -0.25) is 10.1 Å². The molecule has 0 radical (unpaired) electrons. The number of benzene rings is 1. The van der Waals surface area contributed by atoms with E-state index < -0.39 is 0 Å². The summed E-state index contributed by atoms with van der Waals surface area (Å²) in [4.78, 5) is 33.3. The van der Waals surface area contributed by atoms with Gasteiger partial charge in [0.15, 0.2) is 5.13 Å². The Morgan fingerprint density at radius 1 is 1.12 bits per heavy atom. The molecule has 0 unspecified atom stereocenters. The van der Waals surface area contributed by atoms with Gasteiger partial charge in [0.1, 0.15) is 10.7 Å². The summed E-state index contributed by atoms with van der Waals surface area (Å²) in [5, 5.41) is 6.70. The molecule has 0 atom stereocenters. The Labute approximate surface area is 191 Å². The molecule has 9 nitrogen and oxygen atoms in total. The van der Waals surface area contributed by atoms with E-state index in [1.165, 1.54) is 16.9 Å². The Bertz CT molecular complexity index is 1100. The van der Waals surface area contributed by atoms with Crippen LogP contribution in [-0.4, -0.2) is 52.1 Å². The van der Waals surface area contributed by atoms with Crippen LogP contribution >= 0.6 is 11.3 Å². The number of aryl methyl sites for hydroxylation is 4. The normalized spacial score (nSPS) is 13.8. The third-order valence-electron chi connectivity index (χ3n) is 5.14. The second kappa shape index (κ2) is 9.58. The van der Waals surface area contributed by atoms with E-state index >= 15 is 0 Å². The number of thiazole rings is 1. The minimum absolute atomic E-state index is 0.190. The lowest BCUT2D eigenvalue weighted by Crippen LogP contribution is -2.37. The van der Waals surface area contributed by atoms with E-state index in [0.717, 1.165) is 29.9 Å². The van der Waals surface area contributed by atoms with Crippen LogP contribution in [0, 0.1) is 20.8 Å². The van der Waals surface area contributed by atoms with Gasteiger partial charge in [-0.05, 0) is 31.9 Å². The fourth-order valence-electron chi connectivity index (χ4n) is 3.61. The maximum Gasteiger partial charge on any atom is 0.267 e. The van der Waals surface area contributed by atoms with Gasteiger partial charge in [0.2, 0.25) is 11.9 Å². The summed E-state index contributed by atoms with van der Waals surface area (Å²) in [6.45, 7) is 10.8. The number of carbonyl (C=O) groups is 1. The number of morpholine rings is 1. The summed E-state index contributed by atoms with van der Waals surface area (Å²) in [6, 6.07) is 4.11. The van der Waals surface area contributed by atoms with Crippen LogP contribution in [0.4, 0.5) is 22.7 Å². The number of nitrogens with one attached hydrogen (secondary N) is 2. The minimum atomic E-state index is -0.190. The van der Waals surface area contributed by atoms with Crippen molar-refractivity contribution in [2.45, 2.75) is 34.1 Å². The molecule has 0 bridgehead atoms. The molecule has 2 N–H and O–H groups in total. The molecule has 168 valence electrons. The van der Waals surface area contributed by atoms with Crippen LogP contribution < -0.4 is 15.5 Å². The maximum atomic E-state index is 12.8. The number of rotatable bonds is 6. The summed E-state index contributed by atoms with van der Waals surface area (Å²) >= 11 is 1.26. The van der Waals surface area contributed by atoms with Gasteiger partial charge in [-0.2, -0.15) is 15.0 Å². The quantitative estimate of drug-likeness (QED) is 0.583. The van der Waals surface area contributed by atoms with Gasteiger partial charge in [-0.15, -0.1) is 0 Å². The molecule has 2 aromatic heterocycles. The monoisotopic (exact) mass is 453 g/mol. The Balaban J connectivity index is 1.50. The summed E-state index contributed by atoms with van der Waals surface area (Å²) in [6.07, 6.45) is 2.25. The number of anilines is 4. The average molecular weight is 454 g/mol. The first-order chi connectivity index (χ1) is 15.4. The van der Waals surface area contributed by atoms with Crippen molar-refractivity contribution in [1.29, 1.82) is 0 Å². The molecular weight excluding hydrogens is 426 g/mol.